The number of hydrogen-bond acceptors (Lipinski definition) is 6. The molecule has 3 aromatic rings. The number of hydrogen-bond donors (Lipinski definition) is 1. The van der Waals surface area contributed by atoms with Gasteiger partial charge in [0.25, 0.3) is 5.91 Å². The molecule has 8 nitrogen and oxygen atoms in total. The van der Waals surface area contributed by atoms with Crippen LogP contribution in [-0.2, 0) is 0 Å². The second kappa shape index (κ2) is 9.01. The summed E-state index contributed by atoms with van der Waals surface area (Å²) in [5, 5.41) is 12.3. The van der Waals surface area contributed by atoms with Crippen LogP contribution in [0.3, 0.4) is 0 Å². The van der Waals surface area contributed by atoms with Gasteiger partial charge in [0.1, 0.15) is 0 Å². The highest BCUT2D eigenvalue weighted by atomic mass is 35.5. The van der Waals surface area contributed by atoms with E-state index in [0.29, 0.717) is 41.2 Å². The minimum absolute atomic E-state index is 0.00854. The van der Waals surface area contributed by atoms with Crippen LogP contribution in [0.2, 0.25) is 5.02 Å². The van der Waals surface area contributed by atoms with E-state index >= 15 is 0 Å². The van der Waals surface area contributed by atoms with E-state index in [4.69, 9.17) is 11.6 Å². The SMILES string of the molecule is Cc1cc(C(=O)N2CCC[C@@H](C)[C@H]2CNc2ncc(Cl)cn2)c(-n2nccn2)cc1C. The number of carbonyl (C=O) groups is 1. The summed E-state index contributed by atoms with van der Waals surface area (Å²) < 4.78 is 0. The molecule has 1 aliphatic heterocycles. The van der Waals surface area contributed by atoms with Crippen molar-refractivity contribution in [2.75, 3.05) is 18.4 Å². The Balaban J connectivity index is 1.62. The van der Waals surface area contributed by atoms with Crippen LogP contribution in [0, 0.1) is 19.8 Å². The number of amides is 1. The van der Waals surface area contributed by atoms with Crippen molar-refractivity contribution in [1.29, 1.82) is 0 Å². The van der Waals surface area contributed by atoms with Crippen LogP contribution in [0.5, 0.6) is 0 Å². The fraction of sp³-hybridized carbons (Fsp3) is 0.409. The van der Waals surface area contributed by atoms with Crippen LogP contribution in [0.15, 0.2) is 36.9 Å². The van der Waals surface area contributed by atoms with Crippen molar-refractivity contribution in [2.24, 2.45) is 5.92 Å². The van der Waals surface area contributed by atoms with E-state index in [1.54, 1.807) is 24.8 Å². The van der Waals surface area contributed by atoms with E-state index in [9.17, 15) is 4.79 Å². The van der Waals surface area contributed by atoms with Gasteiger partial charge in [-0.15, -0.1) is 0 Å². The minimum Gasteiger partial charge on any atom is -0.352 e. The lowest BCUT2D eigenvalue weighted by atomic mass is 9.89. The molecule has 0 spiro atoms. The van der Waals surface area contributed by atoms with Gasteiger partial charge in [0, 0.05) is 13.1 Å². The molecular formula is C22H26ClN7O. The predicted molar refractivity (Wildman–Crippen MR) is 120 cm³/mol. The maximum absolute atomic E-state index is 13.8. The van der Waals surface area contributed by atoms with Crippen molar-refractivity contribution in [2.45, 2.75) is 39.7 Å². The summed E-state index contributed by atoms with van der Waals surface area (Å²) in [4.78, 5) is 25.7. The zero-order valence-electron chi connectivity index (χ0n) is 17.9. The highest BCUT2D eigenvalue weighted by Gasteiger charge is 2.33. The van der Waals surface area contributed by atoms with E-state index in [2.05, 4.69) is 32.4 Å². The largest absolute Gasteiger partial charge is 0.352 e. The zero-order chi connectivity index (χ0) is 22.0. The summed E-state index contributed by atoms with van der Waals surface area (Å²) in [6, 6.07) is 3.94. The second-order valence-corrected chi connectivity index (χ2v) is 8.50. The number of halogens is 1. The molecule has 2 aromatic heterocycles. The van der Waals surface area contributed by atoms with Gasteiger partial charge in [-0.05, 0) is 55.9 Å². The van der Waals surface area contributed by atoms with Crippen LogP contribution < -0.4 is 5.32 Å². The van der Waals surface area contributed by atoms with Gasteiger partial charge in [0.15, 0.2) is 0 Å². The topological polar surface area (TPSA) is 88.8 Å². The molecule has 1 amide bonds. The molecule has 0 radical (unpaired) electrons. The van der Waals surface area contributed by atoms with E-state index in [1.807, 2.05) is 30.9 Å². The van der Waals surface area contributed by atoms with E-state index in [-0.39, 0.29) is 11.9 Å². The summed E-state index contributed by atoms with van der Waals surface area (Å²) in [5.74, 6) is 0.836. The van der Waals surface area contributed by atoms with Crippen molar-refractivity contribution in [3.05, 3.63) is 58.6 Å². The molecule has 1 fully saturated rings. The molecule has 9 heteroatoms. The summed E-state index contributed by atoms with van der Waals surface area (Å²) in [7, 11) is 0. The van der Waals surface area contributed by atoms with Crippen molar-refractivity contribution in [1.82, 2.24) is 29.9 Å². The molecular weight excluding hydrogens is 414 g/mol. The normalized spacial score (nSPS) is 18.8. The first-order valence-electron chi connectivity index (χ1n) is 10.4. The van der Waals surface area contributed by atoms with E-state index in [0.717, 1.165) is 24.0 Å². The van der Waals surface area contributed by atoms with Crippen molar-refractivity contribution in [3.63, 3.8) is 0 Å². The molecule has 1 aromatic carbocycles. The zero-order valence-corrected chi connectivity index (χ0v) is 18.7. The molecule has 0 aliphatic carbocycles. The molecule has 1 N–H and O–H groups in total. The Morgan fingerprint density at radius 3 is 2.55 bits per heavy atom. The Morgan fingerprint density at radius 1 is 1.16 bits per heavy atom. The number of rotatable bonds is 5. The number of aryl methyl sites for hydroxylation is 2. The number of carbonyl (C=O) groups excluding carboxylic acids is 1. The third-order valence-corrected chi connectivity index (χ3v) is 6.14. The third-order valence-electron chi connectivity index (χ3n) is 5.94. The average Bonchev–Trinajstić information content (AvgIpc) is 3.30. The van der Waals surface area contributed by atoms with Crippen LogP contribution >= 0.6 is 11.6 Å². The first-order chi connectivity index (χ1) is 14.9. The monoisotopic (exact) mass is 439 g/mol. The predicted octanol–water partition coefficient (Wildman–Crippen LogP) is 3.68. The smallest absolute Gasteiger partial charge is 0.256 e. The van der Waals surface area contributed by atoms with Gasteiger partial charge in [-0.25, -0.2) is 9.97 Å². The number of aromatic nitrogens is 5. The molecule has 162 valence electrons. The van der Waals surface area contributed by atoms with Gasteiger partial charge < -0.3 is 10.2 Å². The number of piperidine rings is 1. The summed E-state index contributed by atoms with van der Waals surface area (Å²) in [6.07, 6.45) is 8.39. The lowest BCUT2D eigenvalue weighted by Crippen LogP contribution is -2.51. The summed E-state index contributed by atoms with van der Waals surface area (Å²) >= 11 is 5.88. The van der Waals surface area contributed by atoms with Crippen molar-refractivity contribution >= 4 is 23.5 Å². The Labute approximate surface area is 186 Å². The summed E-state index contributed by atoms with van der Waals surface area (Å²) in [6.45, 7) is 7.50. The lowest BCUT2D eigenvalue weighted by molar-refractivity contribution is 0.0539. The van der Waals surface area contributed by atoms with E-state index < -0.39 is 0 Å². The molecule has 1 aliphatic rings. The molecule has 0 unspecified atom stereocenters. The number of benzene rings is 1. The molecule has 31 heavy (non-hydrogen) atoms. The quantitative estimate of drug-likeness (QED) is 0.652. The maximum atomic E-state index is 13.8. The fourth-order valence-electron chi connectivity index (χ4n) is 4.04. The van der Waals surface area contributed by atoms with Crippen LogP contribution in [-0.4, -0.2) is 54.9 Å². The van der Waals surface area contributed by atoms with E-state index in [1.165, 1.54) is 4.80 Å². The first kappa shape index (κ1) is 21.2. The van der Waals surface area contributed by atoms with Gasteiger partial charge in [-0.3, -0.25) is 4.79 Å². The molecule has 2 atom stereocenters. The third kappa shape index (κ3) is 4.54. The molecule has 1 saturated heterocycles. The Morgan fingerprint density at radius 2 is 1.84 bits per heavy atom. The fourth-order valence-corrected chi connectivity index (χ4v) is 4.14. The Kier molecular flexibility index (Phi) is 6.18. The standard InChI is InChI=1S/C22H26ClN7O/c1-14-5-4-8-29(20(14)13-26-22-24-11-17(23)12-25-22)21(31)18-9-15(2)16(3)10-19(18)30-27-6-7-28-30/h6-7,9-12,14,20H,4-5,8,13H2,1-3H3,(H,24,25,26)/t14-,20-/m1/s1. The number of nitrogens with one attached hydrogen (secondary N) is 1. The first-order valence-corrected chi connectivity index (χ1v) is 10.8. The Bertz CT molecular complexity index is 1050. The summed E-state index contributed by atoms with van der Waals surface area (Å²) in [5.41, 5.74) is 3.47. The van der Waals surface area contributed by atoms with Gasteiger partial charge >= 0.3 is 0 Å². The minimum atomic E-state index is -0.00854. The Hall–Kier alpha value is -3.00. The average molecular weight is 440 g/mol. The number of anilines is 1. The lowest BCUT2D eigenvalue weighted by Gasteiger charge is -2.40. The molecule has 0 bridgehead atoms. The van der Waals surface area contributed by atoms with Crippen LogP contribution in [0.25, 0.3) is 5.69 Å². The highest BCUT2D eigenvalue weighted by molar-refractivity contribution is 6.30. The van der Waals surface area contributed by atoms with Gasteiger partial charge in [0.05, 0.1) is 47.1 Å². The van der Waals surface area contributed by atoms with Gasteiger partial charge in [-0.2, -0.15) is 15.0 Å². The van der Waals surface area contributed by atoms with Crippen LogP contribution in [0.4, 0.5) is 5.95 Å². The second-order valence-electron chi connectivity index (χ2n) is 8.06. The van der Waals surface area contributed by atoms with Gasteiger partial charge in [0.2, 0.25) is 5.95 Å². The number of likely N-dealkylation sites (tertiary alicyclic amines) is 1. The number of nitrogens with zero attached hydrogens (tertiary/aromatic N) is 6. The molecule has 4 rings (SSSR count). The molecule has 3 heterocycles. The van der Waals surface area contributed by atoms with Crippen LogP contribution in [0.1, 0.15) is 41.3 Å². The van der Waals surface area contributed by atoms with Gasteiger partial charge in [-0.1, -0.05) is 18.5 Å². The molecule has 0 saturated carbocycles. The van der Waals surface area contributed by atoms with Crippen molar-refractivity contribution < 1.29 is 4.79 Å². The van der Waals surface area contributed by atoms with Crippen molar-refractivity contribution in [3.8, 4) is 5.69 Å². The maximum Gasteiger partial charge on any atom is 0.256 e. The highest BCUT2D eigenvalue weighted by Crippen LogP contribution is 2.28.